The van der Waals surface area contributed by atoms with Crippen LogP contribution in [0.4, 0.5) is 0 Å². The van der Waals surface area contributed by atoms with E-state index in [0.717, 1.165) is 11.3 Å². The molecule has 0 bridgehead atoms. The van der Waals surface area contributed by atoms with E-state index in [2.05, 4.69) is 5.32 Å². The molecule has 0 aliphatic carbocycles. The summed E-state index contributed by atoms with van der Waals surface area (Å²) >= 11 is 0. The molecule has 1 fully saturated rings. The number of carboxylic acids is 1. The monoisotopic (exact) mass is 293 g/mol. The van der Waals surface area contributed by atoms with Crippen molar-refractivity contribution in [2.75, 3.05) is 19.8 Å². The lowest BCUT2D eigenvalue weighted by Gasteiger charge is -2.15. The van der Waals surface area contributed by atoms with Gasteiger partial charge in [0.1, 0.15) is 11.7 Å². The van der Waals surface area contributed by atoms with Gasteiger partial charge in [-0.3, -0.25) is 9.59 Å². The Morgan fingerprint density at radius 2 is 2.24 bits per heavy atom. The van der Waals surface area contributed by atoms with Crippen LogP contribution in [0, 0.1) is 12.8 Å². The Kier molecular flexibility index (Phi) is 5.16. The molecule has 0 saturated carbocycles. The first kappa shape index (κ1) is 15.3. The fourth-order valence-corrected chi connectivity index (χ4v) is 2.19. The molecule has 1 aliphatic heterocycles. The van der Waals surface area contributed by atoms with Crippen molar-refractivity contribution in [2.24, 2.45) is 5.92 Å². The molecule has 1 amide bonds. The molecule has 1 heterocycles. The zero-order valence-corrected chi connectivity index (χ0v) is 11.9. The van der Waals surface area contributed by atoms with Gasteiger partial charge in [0.2, 0.25) is 5.91 Å². The first-order valence-corrected chi connectivity index (χ1v) is 6.85. The van der Waals surface area contributed by atoms with Crippen LogP contribution in [0.5, 0.6) is 5.75 Å². The Morgan fingerprint density at radius 1 is 1.43 bits per heavy atom. The molecule has 1 aromatic carbocycles. The Bertz CT molecular complexity index is 517. The van der Waals surface area contributed by atoms with Gasteiger partial charge in [0.05, 0.1) is 32.3 Å². The van der Waals surface area contributed by atoms with E-state index < -0.39 is 17.9 Å². The summed E-state index contributed by atoms with van der Waals surface area (Å²) in [7, 11) is 0. The third kappa shape index (κ3) is 4.46. The maximum Gasteiger partial charge on any atom is 0.311 e. The number of rotatable bonds is 6. The van der Waals surface area contributed by atoms with Crippen molar-refractivity contribution in [3.63, 3.8) is 0 Å². The van der Waals surface area contributed by atoms with Gasteiger partial charge in [0, 0.05) is 0 Å². The molecule has 6 nitrogen and oxygen atoms in total. The highest BCUT2D eigenvalue weighted by Crippen LogP contribution is 2.14. The minimum atomic E-state index is -0.950. The number of carbonyl (C=O) groups excluding carboxylic acids is 1. The molecule has 1 aliphatic rings. The predicted octanol–water partition coefficient (Wildman–Crippen LogP) is 0.980. The lowest BCUT2D eigenvalue weighted by molar-refractivity contribution is -0.142. The van der Waals surface area contributed by atoms with Gasteiger partial charge in [-0.1, -0.05) is 12.1 Å². The smallest absolute Gasteiger partial charge is 0.311 e. The number of aliphatic carboxylic acids is 1. The van der Waals surface area contributed by atoms with E-state index in [1.165, 1.54) is 0 Å². The van der Waals surface area contributed by atoms with Crippen LogP contribution >= 0.6 is 0 Å². The van der Waals surface area contributed by atoms with Gasteiger partial charge in [-0.25, -0.2) is 0 Å². The third-order valence-electron chi connectivity index (χ3n) is 3.33. The van der Waals surface area contributed by atoms with Gasteiger partial charge in [0.15, 0.2) is 0 Å². The molecule has 6 heteroatoms. The highest BCUT2D eigenvalue weighted by molar-refractivity contribution is 5.78. The fraction of sp³-hybridized carbons (Fsp3) is 0.467. The average molecular weight is 293 g/mol. The van der Waals surface area contributed by atoms with Gasteiger partial charge in [-0.2, -0.15) is 0 Å². The summed E-state index contributed by atoms with van der Waals surface area (Å²) in [5.41, 5.74) is 1.09. The molecule has 1 saturated heterocycles. The van der Waals surface area contributed by atoms with Crippen molar-refractivity contribution in [3.8, 4) is 5.75 Å². The summed E-state index contributed by atoms with van der Waals surface area (Å²) < 4.78 is 10.6. The standard InChI is InChI=1S/C15H19NO5/c1-10-3-2-4-11(7-10)21-6-5-14(17)16-13-9-20-8-12(13)15(18)19/h2-4,7,12-13H,5-6,8-9H2,1H3,(H,16,17)(H,18,19). The van der Waals surface area contributed by atoms with Crippen molar-refractivity contribution in [3.05, 3.63) is 29.8 Å². The quantitative estimate of drug-likeness (QED) is 0.816. The number of benzene rings is 1. The molecule has 114 valence electrons. The van der Waals surface area contributed by atoms with Crippen LogP contribution in [-0.2, 0) is 14.3 Å². The van der Waals surface area contributed by atoms with E-state index >= 15 is 0 Å². The van der Waals surface area contributed by atoms with Gasteiger partial charge < -0.3 is 19.9 Å². The number of aryl methyl sites for hydroxylation is 1. The molecule has 1 aromatic rings. The van der Waals surface area contributed by atoms with Crippen molar-refractivity contribution < 1.29 is 24.2 Å². The zero-order chi connectivity index (χ0) is 15.2. The molecule has 0 spiro atoms. The van der Waals surface area contributed by atoms with E-state index in [-0.39, 0.29) is 32.1 Å². The normalized spacial score (nSPS) is 21.0. The zero-order valence-electron chi connectivity index (χ0n) is 11.9. The second-order valence-corrected chi connectivity index (χ2v) is 5.07. The van der Waals surface area contributed by atoms with E-state index in [4.69, 9.17) is 14.6 Å². The lowest BCUT2D eigenvalue weighted by atomic mass is 10.0. The van der Waals surface area contributed by atoms with Crippen LogP contribution < -0.4 is 10.1 Å². The topological polar surface area (TPSA) is 84.9 Å². The van der Waals surface area contributed by atoms with Crippen LogP contribution in [0.2, 0.25) is 0 Å². The molecular weight excluding hydrogens is 274 g/mol. The SMILES string of the molecule is Cc1cccc(OCCC(=O)NC2COCC2C(=O)O)c1. The number of hydrogen-bond acceptors (Lipinski definition) is 4. The van der Waals surface area contributed by atoms with Crippen LogP contribution in [-0.4, -0.2) is 42.8 Å². The maximum atomic E-state index is 11.8. The van der Waals surface area contributed by atoms with E-state index in [1.807, 2.05) is 31.2 Å². The van der Waals surface area contributed by atoms with Gasteiger partial charge in [-0.15, -0.1) is 0 Å². The minimum absolute atomic E-state index is 0.139. The summed E-state index contributed by atoms with van der Waals surface area (Å²) in [6, 6.07) is 7.11. The van der Waals surface area contributed by atoms with E-state index in [9.17, 15) is 9.59 Å². The summed E-state index contributed by atoms with van der Waals surface area (Å²) in [5, 5.41) is 11.7. The summed E-state index contributed by atoms with van der Waals surface area (Å²) in [6.45, 7) is 2.59. The second-order valence-electron chi connectivity index (χ2n) is 5.07. The Labute approximate surface area is 123 Å². The summed E-state index contributed by atoms with van der Waals surface area (Å²) in [5.74, 6) is -1.14. The Balaban J connectivity index is 1.74. The Morgan fingerprint density at radius 3 is 2.95 bits per heavy atom. The molecular formula is C15H19NO5. The molecule has 2 N–H and O–H groups in total. The van der Waals surface area contributed by atoms with Crippen LogP contribution in [0.3, 0.4) is 0 Å². The summed E-state index contributed by atoms with van der Waals surface area (Å²) in [4.78, 5) is 22.8. The molecule has 2 rings (SSSR count). The second kappa shape index (κ2) is 7.08. The average Bonchev–Trinajstić information content (AvgIpc) is 2.87. The van der Waals surface area contributed by atoms with Gasteiger partial charge >= 0.3 is 5.97 Å². The number of nitrogens with one attached hydrogen (secondary N) is 1. The van der Waals surface area contributed by atoms with Crippen molar-refractivity contribution in [1.29, 1.82) is 0 Å². The largest absolute Gasteiger partial charge is 0.493 e. The van der Waals surface area contributed by atoms with Crippen molar-refractivity contribution >= 4 is 11.9 Å². The van der Waals surface area contributed by atoms with E-state index in [0.29, 0.717) is 0 Å². The fourth-order valence-electron chi connectivity index (χ4n) is 2.19. The highest BCUT2D eigenvalue weighted by Gasteiger charge is 2.34. The van der Waals surface area contributed by atoms with Gasteiger partial charge in [-0.05, 0) is 24.6 Å². The first-order valence-electron chi connectivity index (χ1n) is 6.85. The molecule has 0 radical (unpaired) electrons. The number of ether oxygens (including phenoxy) is 2. The first-order chi connectivity index (χ1) is 10.1. The van der Waals surface area contributed by atoms with Gasteiger partial charge in [0.25, 0.3) is 0 Å². The highest BCUT2D eigenvalue weighted by atomic mass is 16.5. The molecule has 2 atom stereocenters. The number of amides is 1. The summed E-state index contributed by atoms with van der Waals surface area (Å²) in [6.07, 6.45) is 0.177. The number of carbonyl (C=O) groups is 2. The molecule has 0 aromatic heterocycles. The Hall–Kier alpha value is -2.08. The predicted molar refractivity (Wildman–Crippen MR) is 75.2 cm³/mol. The van der Waals surface area contributed by atoms with Crippen LogP contribution in [0.25, 0.3) is 0 Å². The minimum Gasteiger partial charge on any atom is -0.493 e. The maximum absolute atomic E-state index is 11.8. The number of carboxylic acid groups (broad SMARTS) is 1. The molecule has 21 heavy (non-hydrogen) atoms. The van der Waals surface area contributed by atoms with Crippen LogP contribution in [0.1, 0.15) is 12.0 Å². The van der Waals surface area contributed by atoms with E-state index in [1.54, 1.807) is 0 Å². The lowest BCUT2D eigenvalue weighted by Crippen LogP contribution is -2.43. The number of hydrogen-bond donors (Lipinski definition) is 2. The van der Waals surface area contributed by atoms with Crippen LogP contribution in [0.15, 0.2) is 24.3 Å². The molecule has 2 unspecified atom stereocenters. The van der Waals surface area contributed by atoms with Crippen molar-refractivity contribution in [2.45, 2.75) is 19.4 Å². The third-order valence-corrected chi connectivity index (χ3v) is 3.33. The van der Waals surface area contributed by atoms with Crippen molar-refractivity contribution in [1.82, 2.24) is 5.32 Å².